The predicted molar refractivity (Wildman–Crippen MR) is 160 cm³/mol. The largest absolute Gasteiger partial charge is 0.454 e. The Balaban J connectivity index is 1.41. The van der Waals surface area contributed by atoms with Crippen LogP contribution in [0.3, 0.4) is 0 Å². The maximum Gasteiger partial charge on any atom is 0.231 e. The standard InChI is InChI=1S/C36H34O5/c1-20(2)13-23-5-8-25(9-6-23)35(37)22(4)29-15-24-7-10-26-16-32-33(40-18-39-32)17-30(26)28(14-24)21(3)27-11-12-31-36(34(27)29)41-19-38-31/h5-6,8-9,11-12,14,16-17,20,24H,4,7,10,13,15,18-19H2,1-3H3/b27-21-,34-29-. The van der Waals surface area contributed by atoms with Gasteiger partial charge >= 0.3 is 0 Å². The van der Waals surface area contributed by atoms with Gasteiger partial charge in [0.15, 0.2) is 28.8 Å². The monoisotopic (exact) mass is 546 g/mol. The third kappa shape index (κ3) is 4.44. The molecule has 4 aliphatic rings. The van der Waals surface area contributed by atoms with Crippen molar-refractivity contribution in [3.8, 4) is 23.0 Å². The molecule has 0 fully saturated rings. The molecule has 2 aliphatic carbocycles. The van der Waals surface area contributed by atoms with Gasteiger partial charge in [-0.1, -0.05) is 56.8 Å². The molecule has 41 heavy (non-hydrogen) atoms. The normalized spacial score (nSPS) is 20.9. The molecule has 5 heteroatoms. The van der Waals surface area contributed by atoms with E-state index >= 15 is 0 Å². The molecule has 2 bridgehead atoms. The van der Waals surface area contributed by atoms with Crippen molar-refractivity contribution >= 4 is 22.5 Å². The fraction of sp³-hybridized carbons (Fsp3) is 0.306. The van der Waals surface area contributed by atoms with Crippen LogP contribution in [0.2, 0.25) is 0 Å². The van der Waals surface area contributed by atoms with E-state index in [0.29, 0.717) is 35.0 Å². The number of carbonyl (C=O) groups excluding carboxylic acids is 1. The zero-order chi connectivity index (χ0) is 28.2. The summed E-state index contributed by atoms with van der Waals surface area (Å²) in [6.45, 7) is 11.4. The Bertz CT molecular complexity index is 1760. The summed E-state index contributed by atoms with van der Waals surface area (Å²) in [6.07, 6.45) is 5.90. The first-order valence-corrected chi connectivity index (χ1v) is 14.5. The first kappa shape index (κ1) is 25.7. The van der Waals surface area contributed by atoms with Crippen LogP contribution < -0.4 is 29.4 Å². The summed E-state index contributed by atoms with van der Waals surface area (Å²) in [7, 11) is 0. The van der Waals surface area contributed by atoms with Crippen molar-refractivity contribution in [1.29, 1.82) is 0 Å². The fourth-order valence-electron chi connectivity index (χ4n) is 6.62. The summed E-state index contributed by atoms with van der Waals surface area (Å²) in [5, 5.41) is 1.95. The lowest BCUT2D eigenvalue weighted by atomic mass is 9.83. The van der Waals surface area contributed by atoms with E-state index in [0.717, 1.165) is 52.3 Å². The van der Waals surface area contributed by atoms with Gasteiger partial charge in [-0.3, -0.25) is 4.79 Å². The summed E-state index contributed by atoms with van der Waals surface area (Å²) in [5.41, 5.74) is 8.08. The molecule has 3 aromatic rings. The van der Waals surface area contributed by atoms with Crippen molar-refractivity contribution in [1.82, 2.24) is 0 Å². The zero-order valence-corrected chi connectivity index (χ0v) is 23.8. The quantitative estimate of drug-likeness (QED) is 0.284. The van der Waals surface area contributed by atoms with Crippen LogP contribution in [0.1, 0.15) is 60.7 Å². The second-order valence-electron chi connectivity index (χ2n) is 11.9. The van der Waals surface area contributed by atoms with Gasteiger partial charge in [0.1, 0.15) is 0 Å². The Morgan fingerprint density at radius 2 is 1.68 bits per heavy atom. The SMILES string of the molecule is C=C(C(=O)c1ccc(CC(C)C)cc1)/C1=c2\c3c(cc\c2=C(/C)C2=CC(CCc4cc5c(cc42)OCO5)C1)OCO3. The van der Waals surface area contributed by atoms with Crippen molar-refractivity contribution in [3.63, 3.8) is 0 Å². The molecule has 1 unspecified atom stereocenters. The molecule has 0 radical (unpaired) electrons. The van der Waals surface area contributed by atoms with E-state index in [1.807, 2.05) is 18.2 Å². The average molecular weight is 547 g/mol. The molecule has 0 amide bonds. The van der Waals surface area contributed by atoms with Crippen LogP contribution in [0.25, 0.3) is 16.7 Å². The van der Waals surface area contributed by atoms with Gasteiger partial charge in [0, 0.05) is 16.4 Å². The molecule has 3 aromatic carbocycles. The molecule has 0 aromatic heterocycles. The van der Waals surface area contributed by atoms with Gasteiger partial charge < -0.3 is 18.9 Å². The number of fused-ring (bicyclic) bond motifs is 7. The van der Waals surface area contributed by atoms with Gasteiger partial charge in [-0.2, -0.15) is 0 Å². The Morgan fingerprint density at radius 3 is 2.46 bits per heavy atom. The number of aryl methyl sites for hydroxylation is 1. The molecule has 0 spiro atoms. The Hall–Kier alpha value is -4.25. The number of benzene rings is 3. The molecule has 5 nitrogen and oxygen atoms in total. The van der Waals surface area contributed by atoms with Crippen LogP contribution in [-0.4, -0.2) is 19.4 Å². The van der Waals surface area contributed by atoms with Crippen LogP contribution in [0.4, 0.5) is 0 Å². The van der Waals surface area contributed by atoms with E-state index in [2.05, 4.69) is 63.8 Å². The lowest BCUT2D eigenvalue weighted by molar-refractivity contribution is 0.103. The van der Waals surface area contributed by atoms with Gasteiger partial charge in [-0.25, -0.2) is 0 Å². The second-order valence-corrected chi connectivity index (χ2v) is 11.9. The number of hydrogen-bond acceptors (Lipinski definition) is 5. The third-order valence-electron chi connectivity index (χ3n) is 8.69. The van der Waals surface area contributed by atoms with Crippen molar-refractivity contribution < 1.29 is 23.7 Å². The molecule has 0 saturated carbocycles. The molecule has 1 atom stereocenters. The predicted octanol–water partition coefficient (Wildman–Crippen LogP) is 6.15. The van der Waals surface area contributed by atoms with Crippen LogP contribution in [0.5, 0.6) is 23.0 Å². The van der Waals surface area contributed by atoms with Crippen LogP contribution in [0.15, 0.2) is 66.8 Å². The molecule has 2 heterocycles. The number of Topliss-reactive ketones (excluding diaryl/α,β-unsaturated/α-hetero) is 1. The van der Waals surface area contributed by atoms with Crippen molar-refractivity contribution in [2.45, 2.75) is 46.5 Å². The highest BCUT2D eigenvalue weighted by Crippen LogP contribution is 2.43. The first-order valence-electron chi connectivity index (χ1n) is 14.5. The minimum atomic E-state index is -0.0522. The van der Waals surface area contributed by atoms with Crippen molar-refractivity contribution in [2.75, 3.05) is 13.6 Å². The van der Waals surface area contributed by atoms with Crippen molar-refractivity contribution in [2.24, 2.45) is 11.8 Å². The van der Waals surface area contributed by atoms with Crippen LogP contribution in [0, 0.1) is 11.8 Å². The number of hydrogen-bond donors (Lipinski definition) is 0. The smallest absolute Gasteiger partial charge is 0.231 e. The topological polar surface area (TPSA) is 54.0 Å². The van der Waals surface area contributed by atoms with Crippen LogP contribution in [-0.2, 0) is 12.8 Å². The van der Waals surface area contributed by atoms with E-state index in [1.165, 1.54) is 22.3 Å². The Morgan fingerprint density at radius 1 is 0.951 bits per heavy atom. The second kappa shape index (κ2) is 9.99. The van der Waals surface area contributed by atoms with Crippen molar-refractivity contribution in [3.05, 3.63) is 99.5 Å². The molecule has 0 saturated heterocycles. The lowest BCUT2D eigenvalue weighted by Gasteiger charge is -2.21. The summed E-state index contributed by atoms with van der Waals surface area (Å²) < 4.78 is 23.4. The summed E-state index contributed by atoms with van der Waals surface area (Å²) in [5.74, 6) is 3.71. The highest BCUT2D eigenvalue weighted by molar-refractivity contribution is 6.16. The molecular weight excluding hydrogens is 512 g/mol. The van der Waals surface area contributed by atoms with E-state index in [4.69, 9.17) is 18.9 Å². The Labute approximate surface area is 240 Å². The number of carbonyl (C=O) groups is 1. The third-order valence-corrected chi connectivity index (χ3v) is 8.69. The minimum absolute atomic E-state index is 0.0522. The summed E-state index contributed by atoms with van der Waals surface area (Å²) in [4.78, 5) is 14.0. The molecule has 2 aliphatic heterocycles. The van der Waals surface area contributed by atoms with E-state index < -0.39 is 0 Å². The number of allylic oxidation sites excluding steroid dienone is 3. The molecule has 0 N–H and O–H groups in total. The number of ether oxygens (including phenoxy) is 4. The van der Waals surface area contributed by atoms with E-state index in [-0.39, 0.29) is 25.3 Å². The van der Waals surface area contributed by atoms with Gasteiger partial charge in [0.05, 0.1) is 0 Å². The van der Waals surface area contributed by atoms with Gasteiger partial charge in [0.25, 0.3) is 0 Å². The highest BCUT2D eigenvalue weighted by Gasteiger charge is 2.29. The maximum absolute atomic E-state index is 14.0. The molecular formula is C36H34O5. The van der Waals surface area contributed by atoms with Gasteiger partial charge in [0.2, 0.25) is 13.6 Å². The molecule has 208 valence electrons. The van der Waals surface area contributed by atoms with Gasteiger partial charge in [-0.15, -0.1) is 0 Å². The average Bonchev–Trinajstić information content (AvgIpc) is 3.59. The maximum atomic E-state index is 14.0. The number of rotatable bonds is 5. The number of ketones is 1. The Kier molecular flexibility index (Phi) is 6.26. The van der Waals surface area contributed by atoms with E-state index in [1.54, 1.807) is 0 Å². The minimum Gasteiger partial charge on any atom is -0.454 e. The van der Waals surface area contributed by atoms with E-state index in [9.17, 15) is 4.79 Å². The lowest BCUT2D eigenvalue weighted by Crippen LogP contribution is -2.33. The zero-order valence-electron chi connectivity index (χ0n) is 23.8. The summed E-state index contributed by atoms with van der Waals surface area (Å²) in [6, 6.07) is 16.3. The van der Waals surface area contributed by atoms with Gasteiger partial charge in [-0.05, 0) is 101 Å². The summed E-state index contributed by atoms with van der Waals surface area (Å²) >= 11 is 0. The van der Waals surface area contributed by atoms with Crippen LogP contribution >= 0.6 is 0 Å². The highest BCUT2D eigenvalue weighted by atomic mass is 16.7. The fourth-order valence-corrected chi connectivity index (χ4v) is 6.62. The first-order chi connectivity index (χ1) is 19.9. The molecule has 7 rings (SSSR count).